The maximum Gasteiger partial charge on any atom is 0.408 e. The number of nitrogens with zero attached hydrogens (tertiary/aromatic N) is 5. The molecule has 0 unspecified atom stereocenters. The number of alkyl carbamates (subject to hydrolysis) is 1. The van der Waals surface area contributed by atoms with E-state index in [1.807, 2.05) is 35.1 Å². The van der Waals surface area contributed by atoms with Gasteiger partial charge in [0.15, 0.2) is 0 Å². The first-order valence-corrected chi connectivity index (χ1v) is 17.1. The molecule has 1 saturated carbocycles. The third-order valence-electron chi connectivity index (χ3n) is 8.30. The highest BCUT2D eigenvalue weighted by Crippen LogP contribution is 2.45. The highest BCUT2D eigenvalue weighted by molar-refractivity contribution is 7.87. The predicted octanol–water partition coefficient (Wildman–Crippen LogP) is 2.01. The molecule has 0 spiro atoms. The fourth-order valence-electron chi connectivity index (χ4n) is 5.54. The molecule has 2 heterocycles. The third kappa shape index (κ3) is 8.03. The Balaban J connectivity index is 1.67. The molecule has 1 aromatic heterocycles. The van der Waals surface area contributed by atoms with E-state index in [-0.39, 0.29) is 19.4 Å². The van der Waals surface area contributed by atoms with Gasteiger partial charge in [-0.15, -0.1) is 6.58 Å². The van der Waals surface area contributed by atoms with Crippen molar-refractivity contribution in [2.24, 2.45) is 11.3 Å². The summed E-state index contributed by atoms with van der Waals surface area (Å²) in [6, 6.07) is 6.64. The Bertz CT molecular complexity index is 1660. The molecular weight excluding hydrogens is 640 g/mol. The van der Waals surface area contributed by atoms with Gasteiger partial charge in [0.2, 0.25) is 11.8 Å². The second kappa shape index (κ2) is 13.3. The topological polar surface area (TPSA) is 185 Å². The number of likely N-dealkylation sites (tertiary alicyclic amines) is 1. The summed E-state index contributed by atoms with van der Waals surface area (Å²) < 4.78 is 33.3. The minimum atomic E-state index is -4.16. The van der Waals surface area contributed by atoms with E-state index in [0.29, 0.717) is 5.69 Å². The molecule has 1 saturated heterocycles. The van der Waals surface area contributed by atoms with E-state index in [1.54, 1.807) is 47.7 Å². The number of aromatic nitrogens is 3. The number of amides is 4. The fourth-order valence-corrected chi connectivity index (χ4v) is 6.14. The van der Waals surface area contributed by atoms with Gasteiger partial charge in [-0.3, -0.25) is 14.4 Å². The van der Waals surface area contributed by atoms with Crippen molar-refractivity contribution in [3.8, 4) is 11.3 Å². The summed E-state index contributed by atoms with van der Waals surface area (Å²) in [5.41, 5.74) is -1.77. The van der Waals surface area contributed by atoms with Crippen molar-refractivity contribution >= 4 is 34.0 Å². The Morgan fingerprint density at radius 1 is 1.10 bits per heavy atom. The molecule has 48 heavy (non-hydrogen) atoms. The van der Waals surface area contributed by atoms with E-state index in [1.165, 1.54) is 29.9 Å². The van der Waals surface area contributed by atoms with Crippen LogP contribution in [0, 0.1) is 11.3 Å². The van der Waals surface area contributed by atoms with Crippen LogP contribution >= 0.6 is 0 Å². The average molecular weight is 687 g/mol. The molecule has 4 amide bonds. The van der Waals surface area contributed by atoms with E-state index >= 15 is 0 Å². The number of nitrogens with one attached hydrogen (secondary N) is 3. The minimum Gasteiger partial charge on any atom is -0.444 e. The van der Waals surface area contributed by atoms with Crippen LogP contribution in [0.2, 0.25) is 0 Å². The van der Waals surface area contributed by atoms with Crippen molar-refractivity contribution in [1.29, 1.82) is 0 Å². The maximum absolute atomic E-state index is 14.4. The second-order valence-electron chi connectivity index (χ2n) is 14.5. The van der Waals surface area contributed by atoms with Gasteiger partial charge in [-0.2, -0.15) is 27.7 Å². The van der Waals surface area contributed by atoms with Gasteiger partial charge in [0.05, 0.1) is 12.2 Å². The molecule has 0 radical (unpaired) electrons. The van der Waals surface area contributed by atoms with Gasteiger partial charge in [-0.25, -0.2) is 9.52 Å². The number of carbonyl (C=O) groups is 4. The maximum atomic E-state index is 14.4. The number of hydrogen-bond donors (Lipinski definition) is 3. The molecule has 15 nitrogen and oxygen atoms in total. The standard InChI is InChI=1S/C32H46N8O7S/c1-10-21-17-32(21,28(43)37-48(45,46)38(8)9)35-26(41)24-16-22(40-33-18-23(36-40)20-14-12-11-13-15-20)19-39(24)27(42)25(30(2,3)4)34-29(44)47-31(5,6)7/h10-15,18,21-22,24-25H,1,16-17,19H2,2-9H3,(H,34,44)(H,35,41)(H,37,43)/t21-,22-,24+,25+,32+/m1/s1. The average Bonchev–Trinajstić information content (AvgIpc) is 3.29. The van der Waals surface area contributed by atoms with Crippen molar-refractivity contribution in [2.75, 3.05) is 20.6 Å². The summed E-state index contributed by atoms with van der Waals surface area (Å²) in [7, 11) is -1.62. The normalized spacial score (nSPS) is 23.3. The zero-order valence-electron chi connectivity index (χ0n) is 28.7. The van der Waals surface area contributed by atoms with Crippen LogP contribution in [0.15, 0.2) is 49.2 Å². The summed E-state index contributed by atoms with van der Waals surface area (Å²) in [4.78, 5) is 57.5. The zero-order valence-corrected chi connectivity index (χ0v) is 29.5. The largest absolute Gasteiger partial charge is 0.444 e. The lowest BCUT2D eigenvalue weighted by atomic mass is 9.85. The lowest BCUT2D eigenvalue weighted by Crippen LogP contribution is -2.60. The monoisotopic (exact) mass is 686 g/mol. The Hall–Kier alpha value is -4.31. The van der Waals surface area contributed by atoms with E-state index in [9.17, 15) is 27.6 Å². The van der Waals surface area contributed by atoms with Crippen LogP contribution < -0.4 is 15.4 Å². The van der Waals surface area contributed by atoms with Crippen molar-refractivity contribution in [1.82, 2.24) is 39.6 Å². The molecule has 262 valence electrons. The SMILES string of the molecule is C=C[C@@H]1C[C@@]1(NC(=O)[C@@H]1C[C@@H](n2ncc(-c3ccccc3)n2)CN1C(=O)[C@H](NC(=O)OC(C)(C)C)C(C)(C)C)C(=O)NS(=O)(=O)N(C)C. The molecule has 0 bridgehead atoms. The van der Waals surface area contributed by atoms with Gasteiger partial charge >= 0.3 is 16.3 Å². The lowest BCUT2D eigenvalue weighted by molar-refractivity contribution is -0.143. The highest BCUT2D eigenvalue weighted by Gasteiger charge is 2.61. The van der Waals surface area contributed by atoms with Crippen molar-refractivity contribution < 1.29 is 32.3 Å². The molecule has 1 aromatic carbocycles. The van der Waals surface area contributed by atoms with Crippen LogP contribution in [-0.4, -0.2) is 100 Å². The Morgan fingerprint density at radius 2 is 1.75 bits per heavy atom. The van der Waals surface area contributed by atoms with Crippen LogP contribution in [-0.2, 0) is 29.3 Å². The Morgan fingerprint density at radius 3 is 2.29 bits per heavy atom. The van der Waals surface area contributed by atoms with E-state index < -0.39 is 74.6 Å². The smallest absolute Gasteiger partial charge is 0.408 e. The summed E-state index contributed by atoms with van der Waals surface area (Å²) >= 11 is 0. The van der Waals surface area contributed by atoms with Gasteiger partial charge in [-0.1, -0.05) is 57.2 Å². The molecular formula is C32H46N8O7S. The van der Waals surface area contributed by atoms with Gasteiger partial charge in [0.25, 0.3) is 5.91 Å². The van der Waals surface area contributed by atoms with Gasteiger partial charge < -0.3 is 20.3 Å². The van der Waals surface area contributed by atoms with Gasteiger partial charge in [0.1, 0.15) is 28.9 Å². The molecule has 4 rings (SSSR count). The number of carbonyl (C=O) groups excluding carboxylic acids is 4. The first kappa shape index (κ1) is 36.5. The molecule has 16 heteroatoms. The van der Waals surface area contributed by atoms with Crippen molar-refractivity contribution in [2.45, 2.75) is 83.6 Å². The lowest BCUT2D eigenvalue weighted by Gasteiger charge is -2.36. The number of rotatable bonds is 10. The minimum absolute atomic E-state index is 0.0154. The van der Waals surface area contributed by atoms with Gasteiger partial charge in [-0.05, 0) is 32.6 Å². The summed E-state index contributed by atoms with van der Waals surface area (Å²) in [6.45, 7) is 14.2. The van der Waals surface area contributed by atoms with Crippen LogP contribution in [0.5, 0.6) is 0 Å². The van der Waals surface area contributed by atoms with E-state index in [4.69, 9.17) is 4.74 Å². The summed E-state index contributed by atoms with van der Waals surface area (Å²) in [6.07, 6.45) is 2.48. The molecule has 5 atom stereocenters. The van der Waals surface area contributed by atoms with Crippen molar-refractivity contribution in [3.63, 3.8) is 0 Å². The number of ether oxygens (including phenoxy) is 1. The van der Waals surface area contributed by atoms with E-state index in [0.717, 1.165) is 9.87 Å². The summed E-state index contributed by atoms with van der Waals surface area (Å²) in [5, 5.41) is 14.5. The first-order chi connectivity index (χ1) is 22.2. The number of hydrogen-bond acceptors (Lipinski definition) is 9. The van der Waals surface area contributed by atoms with Crippen LogP contribution in [0.25, 0.3) is 11.3 Å². The highest BCUT2D eigenvalue weighted by atomic mass is 32.2. The first-order valence-electron chi connectivity index (χ1n) is 15.6. The zero-order chi connectivity index (χ0) is 35.8. The quantitative estimate of drug-likeness (QED) is 0.315. The third-order valence-corrected chi connectivity index (χ3v) is 9.70. The van der Waals surface area contributed by atoms with Crippen LogP contribution in [0.3, 0.4) is 0 Å². The molecule has 2 aliphatic rings. The van der Waals surface area contributed by atoms with E-state index in [2.05, 4.69) is 27.4 Å². The fraction of sp³-hybridized carbons (Fsp3) is 0.562. The van der Waals surface area contributed by atoms with Crippen LogP contribution in [0.1, 0.15) is 60.4 Å². The summed E-state index contributed by atoms with van der Waals surface area (Å²) in [5.74, 6) is -2.68. The molecule has 2 fully saturated rings. The Kier molecular flexibility index (Phi) is 10.1. The predicted molar refractivity (Wildman–Crippen MR) is 177 cm³/mol. The number of benzene rings is 1. The van der Waals surface area contributed by atoms with Crippen LogP contribution in [0.4, 0.5) is 4.79 Å². The molecule has 1 aliphatic heterocycles. The van der Waals surface area contributed by atoms with Crippen molar-refractivity contribution in [3.05, 3.63) is 49.2 Å². The molecule has 3 N–H and O–H groups in total. The molecule has 1 aliphatic carbocycles. The molecule has 2 aromatic rings. The van der Waals surface area contributed by atoms with Gasteiger partial charge in [0, 0.05) is 38.5 Å². The second-order valence-corrected chi connectivity index (χ2v) is 16.4. The Labute approximate surface area is 281 Å².